The maximum Gasteiger partial charge on any atom is 0.390 e. The van der Waals surface area contributed by atoms with Gasteiger partial charge < -0.3 is 11.1 Å². The summed E-state index contributed by atoms with van der Waals surface area (Å²) in [5.41, 5.74) is 5.84. The molecule has 1 rings (SSSR count). The Labute approximate surface area is 102 Å². The zero-order valence-corrected chi connectivity index (χ0v) is 9.94. The van der Waals surface area contributed by atoms with Crippen LogP contribution in [0.1, 0.15) is 24.9 Å². The van der Waals surface area contributed by atoms with E-state index in [0.717, 1.165) is 0 Å². The second-order valence-electron chi connectivity index (χ2n) is 3.56. The van der Waals surface area contributed by atoms with Crippen LogP contribution in [0, 0.1) is 0 Å². The predicted molar refractivity (Wildman–Crippen MR) is 60.7 cm³/mol. The highest BCUT2D eigenvalue weighted by Gasteiger charge is 2.33. The summed E-state index contributed by atoms with van der Waals surface area (Å²) in [7, 11) is 0. The Morgan fingerprint density at radius 3 is 2.71 bits per heavy atom. The van der Waals surface area contributed by atoms with E-state index in [4.69, 9.17) is 17.3 Å². The smallest absolute Gasteiger partial charge is 0.383 e. The zero-order chi connectivity index (χ0) is 13.1. The normalized spacial score (nSPS) is 13.7. The molecule has 96 valence electrons. The summed E-state index contributed by atoms with van der Waals surface area (Å²) < 4.78 is 37.2. The van der Waals surface area contributed by atoms with Crippen molar-refractivity contribution in [2.75, 3.05) is 12.3 Å². The van der Waals surface area contributed by atoms with Gasteiger partial charge in [0.15, 0.2) is 0 Å². The van der Waals surface area contributed by atoms with Crippen molar-refractivity contribution in [3.8, 4) is 0 Å². The van der Waals surface area contributed by atoms with Gasteiger partial charge in [0.25, 0.3) is 0 Å². The largest absolute Gasteiger partial charge is 0.390 e. The zero-order valence-electron chi connectivity index (χ0n) is 9.18. The number of hydrogen-bond donors (Lipinski definition) is 2. The lowest BCUT2D eigenvalue weighted by Crippen LogP contribution is -2.27. The Hall–Kier alpha value is -1.01. The van der Waals surface area contributed by atoms with Crippen molar-refractivity contribution >= 4 is 17.4 Å². The Bertz CT molecular complexity index is 382. The first kappa shape index (κ1) is 14.1. The molecule has 0 radical (unpaired) electrons. The second kappa shape index (κ2) is 5.55. The molecule has 0 saturated carbocycles. The molecule has 0 saturated heterocycles. The second-order valence-corrected chi connectivity index (χ2v) is 3.99. The van der Waals surface area contributed by atoms with Crippen LogP contribution in [-0.2, 0) is 0 Å². The van der Waals surface area contributed by atoms with Crippen molar-refractivity contribution in [1.29, 1.82) is 0 Å². The van der Waals surface area contributed by atoms with E-state index in [1.54, 1.807) is 6.92 Å². The number of hydrogen-bond acceptors (Lipinski definition) is 3. The molecule has 0 aliphatic rings. The molecule has 1 aromatic heterocycles. The average Bonchev–Trinajstić information content (AvgIpc) is 2.19. The molecule has 0 fully saturated rings. The quantitative estimate of drug-likeness (QED) is 0.882. The van der Waals surface area contributed by atoms with Gasteiger partial charge in [0, 0.05) is 17.8 Å². The molecule has 1 heterocycles. The van der Waals surface area contributed by atoms with Crippen LogP contribution in [0.3, 0.4) is 0 Å². The average molecular weight is 268 g/mol. The molecule has 3 nitrogen and oxygen atoms in total. The molecular formula is C10H13ClF3N3. The van der Waals surface area contributed by atoms with Crippen molar-refractivity contribution in [2.45, 2.75) is 25.6 Å². The third-order valence-corrected chi connectivity index (χ3v) is 2.38. The van der Waals surface area contributed by atoms with E-state index in [-0.39, 0.29) is 16.4 Å². The standard InChI is InChI=1S/C10H13ClF3N3/c1-2-16-8(4-10(12,13)14)7-3-6(11)5-17-9(7)15/h3,5,8,16H,2,4H2,1H3,(H2,15,17). The van der Waals surface area contributed by atoms with Gasteiger partial charge in [0.05, 0.1) is 11.4 Å². The van der Waals surface area contributed by atoms with Crippen LogP contribution in [0.5, 0.6) is 0 Å². The lowest BCUT2D eigenvalue weighted by Gasteiger charge is -2.21. The van der Waals surface area contributed by atoms with Gasteiger partial charge >= 0.3 is 6.18 Å². The van der Waals surface area contributed by atoms with Crippen molar-refractivity contribution in [3.05, 3.63) is 22.8 Å². The van der Waals surface area contributed by atoms with Crippen molar-refractivity contribution < 1.29 is 13.2 Å². The Balaban J connectivity index is 3.00. The molecule has 7 heteroatoms. The summed E-state index contributed by atoms with van der Waals surface area (Å²) in [5, 5.41) is 2.99. The fraction of sp³-hybridized carbons (Fsp3) is 0.500. The number of alkyl halides is 3. The molecule has 0 aromatic carbocycles. The highest BCUT2D eigenvalue weighted by Crippen LogP contribution is 2.32. The minimum absolute atomic E-state index is 0.0598. The Morgan fingerprint density at radius 2 is 2.18 bits per heavy atom. The van der Waals surface area contributed by atoms with Crippen LogP contribution in [0.2, 0.25) is 5.02 Å². The van der Waals surface area contributed by atoms with Gasteiger partial charge in [0.2, 0.25) is 0 Å². The number of halogens is 4. The molecule has 0 aliphatic carbocycles. The molecule has 1 atom stereocenters. The molecule has 1 unspecified atom stereocenters. The monoisotopic (exact) mass is 267 g/mol. The van der Waals surface area contributed by atoms with E-state index in [1.165, 1.54) is 12.3 Å². The first-order chi connectivity index (χ1) is 7.83. The van der Waals surface area contributed by atoms with Gasteiger partial charge in [-0.15, -0.1) is 0 Å². The van der Waals surface area contributed by atoms with Crippen LogP contribution < -0.4 is 11.1 Å². The third kappa shape index (κ3) is 4.40. The highest BCUT2D eigenvalue weighted by molar-refractivity contribution is 6.30. The molecule has 0 aliphatic heterocycles. The van der Waals surface area contributed by atoms with Crippen LogP contribution in [0.25, 0.3) is 0 Å². The van der Waals surface area contributed by atoms with Crippen molar-refractivity contribution in [1.82, 2.24) is 10.3 Å². The first-order valence-corrected chi connectivity index (χ1v) is 5.42. The fourth-order valence-electron chi connectivity index (χ4n) is 1.51. The molecule has 0 bridgehead atoms. The molecular weight excluding hydrogens is 255 g/mol. The van der Waals surface area contributed by atoms with Gasteiger partial charge in [-0.3, -0.25) is 0 Å². The van der Waals surface area contributed by atoms with Crippen LogP contribution in [-0.4, -0.2) is 17.7 Å². The van der Waals surface area contributed by atoms with E-state index in [9.17, 15) is 13.2 Å². The first-order valence-electron chi connectivity index (χ1n) is 5.04. The van der Waals surface area contributed by atoms with Crippen molar-refractivity contribution in [3.63, 3.8) is 0 Å². The number of rotatable bonds is 4. The fourth-order valence-corrected chi connectivity index (χ4v) is 1.68. The van der Waals surface area contributed by atoms with E-state index in [1.807, 2.05) is 0 Å². The minimum Gasteiger partial charge on any atom is -0.383 e. The maximum absolute atomic E-state index is 12.4. The van der Waals surface area contributed by atoms with E-state index >= 15 is 0 Å². The molecule has 0 spiro atoms. The number of nitrogens with two attached hydrogens (primary N) is 1. The van der Waals surface area contributed by atoms with Crippen molar-refractivity contribution in [2.24, 2.45) is 0 Å². The number of pyridine rings is 1. The molecule has 17 heavy (non-hydrogen) atoms. The SMILES string of the molecule is CCNC(CC(F)(F)F)c1cc(Cl)cnc1N. The maximum atomic E-state index is 12.4. The number of aromatic nitrogens is 1. The van der Waals surface area contributed by atoms with E-state index in [0.29, 0.717) is 6.54 Å². The molecule has 1 aromatic rings. The summed E-state index contributed by atoms with van der Waals surface area (Å²) >= 11 is 5.71. The lowest BCUT2D eigenvalue weighted by molar-refractivity contribution is -0.140. The minimum atomic E-state index is -4.28. The predicted octanol–water partition coefficient (Wildman–Crippen LogP) is 2.92. The summed E-state index contributed by atoms with van der Waals surface area (Å²) in [6.07, 6.45) is -3.98. The summed E-state index contributed by atoms with van der Waals surface area (Å²) in [6.45, 7) is 2.12. The Morgan fingerprint density at radius 1 is 1.53 bits per heavy atom. The summed E-state index contributed by atoms with van der Waals surface area (Å²) in [4.78, 5) is 3.75. The molecule has 0 amide bonds. The van der Waals surface area contributed by atoms with E-state index in [2.05, 4.69) is 10.3 Å². The Kier molecular flexibility index (Phi) is 4.59. The number of nitrogens with one attached hydrogen (secondary N) is 1. The van der Waals surface area contributed by atoms with Crippen LogP contribution in [0.4, 0.5) is 19.0 Å². The van der Waals surface area contributed by atoms with Gasteiger partial charge in [-0.25, -0.2) is 4.98 Å². The van der Waals surface area contributed by atoms with Gasteiger partial charge in [0.1, 0.15) is 5.82 Å². The summed E-state index contributed by atoms with van der Waals surface area (Å²) in [5.74, 6) is 0.0598. The lowest BCUT2D eigenvalue weighted by atomic mass is 10.0. The number of nitrogens with zero attached hydrogens (tertiary/aromatic N) is 1. The van der Waals surface area contributed by atoms with Gasteiger partial charge in [-0.1, -0.05) is 18.5 Å². The third-order valence-electron chi connectivity index (χ3n) is 2.18. The number of anilines is 1. The van der Waals surface area contributed by atoms with E-state index < -0.39 is 18.6 Å². The van der Waals surface area contributed by atoms with Crippen LogP contribution >= 0.6 is 11.6 Å². The number of nitrogen functional groups attached to an aromatic ring is 1. The van der Waals surface area contributed by atoms with Crippen LogP contribution in [0.15, 0.2) is 12.3 Å². The summed E-state index contributed by atoms with van der Waals surface area (Å²) in [6, 6.07) is 0.481. The highest BCUT2D eigenvalue weighted by atomic mass is 35.5. The topological polar surface area (TPSA) is 50.9 Å². The van der Waals surface area contributed by atoms with Gasteiger partial charge in [-0.2, -0.15) is 13.2 Å². The molecule has 3 N–H and O–H groups in total. The van der Waals surface area contributed by atoms with Gasteiger partial charge in [-0.05, 0) is 12.6 Å².